The van der Waals surface area contributed by atoms with E-state index in [2.05, 4.69) is 26.3 Å². The van der Waals surface area contributed by atoms with Gasteiger partial charge in [0.1, 0.15) is 17.5 Å². The summed E-state index contributed by atoms with van der Waals surface area (Å²) in [6.45, 7) is 2.65. The van der Waals surface area contributed by atoms with Crippen molar-refractivity contribution in [2.24, 2.45) is 0 Å². The van der Waals surface area contributed by atoms with Crippen molar-refractivity contribution in [3.8, 4) is 6.07 Å². The van der Waals surface area contributed by atoms with Gasteiger partial charge in [0, 0.05) is 12.7 Å². The van der Waals surface area contributed by atoms with Gasteiger partial charge in [-0.15, -0.1) is 0 Å². The van der Waals surface area contributed by atoms with E-state index in [-0.39, 0.29) is 5.28 Å². The first-order chi connectivity index (χ1) is 7.26. The molecular formula is C9H8ClN5. The molecule has 6 heteroatoms. The Balaban J connectivity index is 2.74. The lowest BCUT2D eigenvalue weighted by Gasteiger charge is -2.03. The van der Waals surface area contributed by atoms with Crippen LogP contribution < -0.4 is 5.32 Å². The molecule has 15 heavy (non-hydrogen) atoms. The van der Waals surface area contributed by atoms with Crippen LogP contribution in [0.3, 0.4) is 0 Å². The van der Waals surface area contributed by atoms with Gasteiger partial charge in [0.2, 0.25) is 5.28 Å². The molecule has 2 N–H and O–H groups in total. The van der Waals surface area contributed by atoms with Crippen molar-refractivity contribution in [1.29, 1.82) is 5.26 Å². The van der Waals surface area contributed by atoms with Gasteiger partial charge in [-0.1, -0.05) is 0 Å². The standard InChI is InChI=1S/C9H8ClN5/c1-2-12-7-6-5(3-11)4-13-8(6)15-9(10)14-7/h4H,2H2,1H3,(H2,12,13,14,15). The van der Waals surface area contributed by atoms with E-state index in [1.54, 1.807) is 6.20 Å². The molecular weight excluding hydrogens is 214 g/mol. The van der Waals surface area contributed by atoms with Gasteiger partial charge in [0.15, 0.2) is 0 Å². The number of aromatic nitrogens is 3. The van der Waals surface area contributed by atoms with E-state index < -0.39 is 0 Å². The van der Waals surface area contributed by atoms with Crippen LogP contribution in [-0.4, -0.2) is 21.5 Å². The molecule has 0 fully saturated rings. The summed E-state index contributed by atoms with van der Waals surface area (Å²) in [5, 5.41) is 12.8. The van der Waals surface area contributed by atoms with Crippen LogP contribution >= 0.6 is 11.6 Å². The van der Waals surface area contributed by atoms with Crippen LogP contribution in [0.25, 0.3) is 11.0 Å². The molecule has 5 nitrogen and oxygen atoms in total. The van der Waals surface area contributed by atoms with Gasteiger partial charge in [-0.25, -0.2) is 4.98 Å². The molecule has 2 aromatic rings. The van der Waals surface area contributed by atoms with Gasteiger partial charge in [-0.05, 0) is 18.5 Å². The third-order valence-corrected chi connectivity index (χ3v) is 2.14. The average Bonchev–Trinajstić information content (AvgIpc) is 2.61. The molecule has 0 aliphatic carbocycles. The van der Waals surface area contributed by atoms with Crippen LogP contribution in [0.4, 0.5) is 5.82 Å². The minimum atomic E-state index is 0.157. The molecule has 0 aliphatic rings. The Hall–Kier alpha value is -1.80. The molecule has 0 bridgehead atoms. The van der Waals surface area contributed by atoms with Gasteiger partial charge in [-0.3, -0.25) is 0 Å². The van der Waals surface area contributed by atoms with E-state index in [1.165, 1.54) is 0 Å². The number of nitriles is 1. The summed E-state index contributed by atoms with van der Waals surface area (Å²) >= 11 is 5.75. The lowest BCUT2D eigenvalue weighted by atomic mass is 10.2. The maximum Gasteiger partial charge on any atom is 0.226 e. The van der Waals surface area contributed by atoms with Crippen molar-refractivity contribution in [2.45, 2.75) is 6.92 Å². The molecule has 0 saturated carbocycles. The third-order valence-electron chi connectivity index (χ3n) is 1.97. The van der Waals surface area contributed by atoms with Crippen LogP contribution in [0.2, 0.25) is 5.28 Å². The van der Waals surface area contributed by atoms with Gasteiger partial charge in [0.05, 0.1) is 10.9 Å². The number of H-pyrrole nitrogens is 1. The molecule has 0 aliphatic heterocycles. The molecule has 2 heterocycles. The number of aromatic amines is 1. The van der Waals surface area contributed by atoms with Crippen LogP contribution in [0.5, 0.6) is 0 Å². The van der Waals surface area contributed by atoms with Crippen molar-refractivity contribution in [3.05, 3.63) is 17.0 Å². The Morgan fingerprint density at radius 1 is 1.60 bits per heavy atom. The highest BCUT2D eigenvalue weighted by molar-refractivity contribution is 6.28. The molecule has 0 amide bonds. The summed E-state index contributed by atoms with van der Waals surface area (Å²) in [6.07, 6.45) is 1.59. The van der Waals surface area contributed by atoms with Crippen LogP contribution in [0, 0.1) is 11.3 Å². The fourth-order valence-corrected chi connectivity index (χ4v) is 1.56. The summed E-state index contributed by atoms with van der Waals surface area (Å²) in [7, 11) is 0. The van der Waals surface area contributed by atoms with Crippen LogP contribution in [-0.2, 0) is 0 Å². The second-order valence-electron chi connectivity index (χ2n) is 2.91. The molecule has 0 unspecified atom stereocenters. The predicted molar refractivity (Wildman–Crippen MR) is 57.8 cm³/mol. The number of rotatable bonds is 2. The monoisotopic (exact) mass is 221 g/mol. The van der Waals surface area contributed by atoms with Gasteiger partial charge in [-0.2, -0.15) is 10.2 Å². The maximum atomic E-state index is 8.90. The first-order valence-electron chi connectivity index (χ1n) is 4.45. The normalized spacial score (nSPS) is 10.2. The van der Waals surface area contributed by atoms with Gasteiger partial charge in [0.25, 0.3) is 0 Å². The summed E-state index contributed by atoms with van der Waals surface area (Å²) < 4.78 is 0. The Labute approximate surface area is 91.1 Å². The summed E-state index contributed by atoms with van der Waals surface area (Å²) in [5.41, 5.74) is 1.08. The fourth-order valence-electron chi connectivity index (χ4n) is 1.39. The second kappa shape index (κ2) is 3.75. The number of anilines is 1. The van der Waals surface area contributed by atoms with Gasteiger partial charge >= 0.3 is 0 Å². The molecule has 0 radical (unpaired) electrons. The van der Waals surface area contributed by atoms with Gasteiger partial charge < -0.3 is 10.3 Å². The second-order valence-corrected chi connectivity index (χ2v) is 3.25. The fraction of sp³-hybridized carbons (Fsp3) is 0.222. The van der Waals surface area contributed by atoms with Crippen molar-refractivity contribution >= 4 is 28.5 Å². The molecule has 76 valence electrons. The first-order valence-corrected chi connectivity index (χ1v) is 4.82. The highest BCUT2D eigenvalue weighted by atomic mass is 35.5. The molecule has 0 spiro atoms. The summed E-state index contributed by atoms with van der Waals surface area (Å²) in [5.74, 6) is 0.588. The lowest BCUT2D eigenvalue weighted by Crippen LogP contribution is -2.01. The Bertz CT molecular complexity index is 539. The van der Waals surface area contributed by atoms with Crippen molar-refractivity contribution in [1.82, 2.24) is 15.0 Å². The lowest BCUT2D eigenvalue weighted by molar-refractivity contribution is 1.14. The van der Waals surface area contributed by atoms with E-state index in [0.29, 0.717) is 29.0 Å². The Kier molecular flexibility index (Phi) is 2.44. The zero-order chi connectivity index (χ0) is 10.8. The number of nitrogens with zero attached hydrogens (tertiary/aromatic N) is 3. The zero-order valence-corrected chi connectivity index (χ0v) is 8.76. The predicted octanol–water partition coefficient (Wildman–Crippen LogP) is 1.91. The highest BCUT2D eigenvalue weighted by Gasteiger charge is 2.11. The number of hydrogen-bond donors (Lipinski definition) is 2. The van der Waals surface area contributed by atoms with Crippen LogP contribution in [0.1, 0.15) is 12.5 Å². The minimum absolute atomic E-state index is 0.157. The van der Waals surface area contributed by atoms with E-state index in [9.17, 15) is 0 Å². The summed E-state index contributed by atoms with van der Waals surface area (Å²) in [4.78, 5) is 10.9. The Morgan fingerprint density at radius 2 is 2.40 bits per heavy atom. The molecule has 0 aromatic carbocycles. The average molecular weight is 222 g/mol. The van der Waals surface area contributed by atoms with Crippen molar-refractivity contribution in [3.63, 3.8) is 0 Å². The van der Waals surface area contributed by atoms with E-state index in [1.807, 2.05) is 6.92 Å². The highest BCUT2D eigenvalue weighted by Crippen LogP contribution is 2.24. The Morgan fingerprint density at radius 3 is 3.07 bits per heavy atom. The van der Waals surface area contributed by atoms with E-state index in [4.69, 9.17) is 16.9 Å². The SMILES string of the molecule is CCNc1nc(Cl)nc2[nH]cc(C#N)c12. The van der Waals surface area contributed by atoms with E-state index >= 15 is 0 Å². The number of nitrogens with one attached hydrogen (secondary N) is 2. The van der Waals surface area contributed by atoms with Crippen LogP contribution in [0.15, 0.2) is 6.20 Å². The minimum Gasteiger partial charge on any atom is -0.370 e. The number of fused-ring (bicyclic) bond motifs is 1. The summed E-state index contributed by atoms with van der Waals surface area (Å²) in [6, 6.07) is 2.07. The topological polar surface area (TPSA) is 77.4 Å². The largest absolute Gasteiger partial charge is 0.370 e. The van der Waals surface area contributed by atoms with Crippen molar-refractivity contribution in [2.75, 3.05) is 11.9 Å². The zero-order valence-electron chi connectivity index (χ0n) is 8.00. The van der Waals surface area contributed by atoms with E-state index in [0.717, 1.165) is 0 Å². The smallest absolute Gasteiger partial charge is 0.226 e. The maximum absolute atomic E-state index is 8.90. The number of halogens is 1. The molecule has 2 aromatic heterocycles. The third kappa shape index (κ3) is 1.60. The quantitative estimate of drug-likeness (QED) is 0.760. The molecule has 0 atom stereocenters. The first kappa shape index (κ1) is 9.74. The number of hydrogen-bond acceptors (Lipinski definition) is 4. The molecule has 0 saturated heterocycles. The molecule has 2 rings (SSSR count). The van der Waals surface area contributed by atoms with Crippen molar-refractivity contribution < 1.29 is 0 Å².